The number of hydrogen-bond acceptors (Lipinski definition) is 7. The van der Waals surface area contributed by atoms with Crippen LogP contribution in [0.3, 0.4) is 0 Å². The maximum atomic E-state index is 13.2. The third-order valence-corrected chi connectivity index (χ3v) is 6.44. The van der Waals surface area contributed by atoms with Crippen molar-refractivity contribution in [2.24, 2.45) is 0 Å². The van der Waals surface area contributed by atoms with E-state index in [0.29, 0.717) is 49.8 Å². The smallest absolute Gasteiger partial charge is 0.295 e. The van der Waals surface area contributed by atoms with Crippen molar-refractivity contribution in [1.29, 1.82) is 0 Å². The van der Waals surface area contributed by atoms with Crippen LogP contribution in [0.5, 0.6) is 11.5 Å². The summed E-state index contributed by atoms with van der Waals surface area (Å²) in [5.41, 5.74) is 1.25. The summed E-state index contributed by atoms with van der Waals surface area (Å²) < 4.78 is 16.2. The zero-order chi connectivity index (χ0) is 25.5. The highest BCUT2D eigenvalue weighted by Crippen LogP contribution is 2.40. The number of Topliss-reactive ketones (excluding diaryl/α,β-unsaturated/α-hetero) is 1. The maximum absolute atomic E-state index is 13.2. The van der Waals surface area contributed by atoms with Gasteiger partial charge in [0.25, 0.3) is 11.7 Å². The SMILES string of the molecule is C=CCOc1ccc(C(O)=C2C(=O)C(=O)N(CCCN3CCOCC3)[C@@H]2c2ccc(OC)cc2)cc1. The van der Waals surface area contributed by atoms with Gasteiger partial charge in [0.1, 0.15) is 23.9 Å². The molecule has 0 radical (unpaired) electrons. The van der Waals surface area contributed by atoms with Crippen molar-refractivity contribution in [3.05, 3.63) is 77.9 Å². The van der Waals surface area contributed by atoms with Crippen LogP contribution in [0.2, 0.25) is 0 Å². The molecule has 2 saturated heterocycles. The lowest BCUT2D eigenvalue weighted by Gasteiger charge is -2.29. The van der Waals surface area contributed by atoms with Gasteiger partial charge in [-0.15, -0.1) is 0 Å². The minimum absolute atomic E-state index is 0.0799. The Morgan fingerprint density at radius 3 is 2.36 bits per heavy atom. The average molecular weight is 493 g/mol. The van der Waals surface area contributed by atoms with Gasteiger partial charge in [0.15, 0.2) is 0 Å². The van der Waals surface area contributed by atoms with Gasteiger partial charge in [-0.05, 0) is 48.4 Å². The first-order valence-corrected chi connectivity index (χ1v) is 12.1. The number of morpholine rings is 1. The number of carbonyl (C=O) groups excluding carboxylic acids is 2. The number of amides is 1. The number of aliphatic hydroxyl groups excluding tert-OH is 1. The van der Waals surface area contributed by atoms with Crippen LogP contribution >= 0.6 is 0 Å². The van der Waals surface area contributed by atoms with Crippen LogP contribution in [0.4, 0.5) is 0 Å². The van der Waals surface area contributed by atoms with E-state index in [-0.39, 0.29) is 11.3 Å². The van der Waals surface area contributed by atoms with E-state index in [9.17, 15) is 14.7 Å². The Kier molecular flexibility index (Phi) is 8.40. The van der Waals surface area contributed by atoms with Crippen LogP contribution in [-0.2, 0) is 14.3 Å². The van der Waals surface area contributed by atoms with Crippen molar-refractivity contribution >= 4 is 17.4 Å². The topological polar surface area (TPSA) is 88.5 Å². The van der Waals surface area contributed by atoms with Gasteiger partial charge in [0, 0.05) is 31.7 Å². The summed E-state index contributed by atoms with van der Waals surface area (Å²) in [6.45, 7) is 8.29. The van der Waals surface area contributed by atoms with Gasteiger partial charge in [0.2, 0.25) is 0 Å². The normalized spacial score (nSPS) is 19.9. The molecular formula is C28H32N2O6. The largest absolute Gasteiger partial charge is 0.507 e. The molecule has 4 rings (SSSR count). The number of likely N-dealkylation sites (tertiary alicyclic amines) is 1. The summed E-state index contributed by atoms with van der Waals surface area (Å²) in [5, 5.41) is 11.2. The first kappa shape index (κ1) is 25.5. The molecule has 0 aromatic heterocycles. The lowest BCUT2D eigenvalue weighted by molar-refractivity contribution is -0.140. The Bertz CT molecular complexity index is 1100. The molecular weight excluding hydrogens is 460 g/mol. The lowest BCUT2D eigenvalue weighted by Crippen LogP contribution is -2.38. The third-order valence-electron chi connectivity index (χ3n) is 6.44. The minimum Gasteiger partial charge on any atom is -0.507 e. The van der Waals surface area contributed by atoms with Gasteiger partial charge < -0.3 is 24.2 Å². The van der Waals surface area contributed by atoms with E-state index in [2.05, 4.69) is 11.5 Å². The van der Waals surface area contributed by atoms with E-state index in [4.69, 9.17) is 14.2 Å². The van der Waals surface area contributed by atoms with E-state index >= 15 is 0 Å². The molecule has 1 amide bonds. The molecule has 0 aliphatic carbocycles. The molecule has 0 spiro atoms. The van der Waals surface area contributed by atoms with Crippen molar-refractivity contribution < 1.29 is 28.9 Å². The first-order valence-electron chi connectivity index (χ1n) is 12.1. The summed E-state index contributed by atoms with van der Waals surface area (Å²) in [6, 6.07) is 13.3. The van der Waals surface area contributed by atoms with Crippen molar-refractivity contribution in [3.63, 3.8) is 0 Å². The number of nitrogens with zero attached hydrogens (tertiary/aromatic N) is 2. The number of hydrogen-bond donors (Lipinski definition) is 1. The number of ketones is 1. The molecule has 0 unspecified atom stereocenters. The van der Waals surface area contributed by atoms with Crippen LogP contribution in [-0.4, -0.2) is 79.7 Å². The second kappa shape index (κ2) is 11.9. The molecule has 8 nitrogen and oxygen atoms in total. The molecule has 2 fully saturated rings. The highest BCUT2D eigenvalue weighted by Gasteiger charge is 2.45. The van der Waals surface area contributed by atoms with Gasteiger partial charge in [-0.1, -0.05) is 24.8 Å². The molecule has 1 N–H and O–H groups in total. The maximum Gasteiger partial charge on any atom is 0.295 e. The molecule has 0 saturated carbocycles. The lowest BCUT2D eigenvalue weighted by atomic mass is 9.95. The van der Waals surface area contributed by atoms with Crippen molar-refractivity contribution in [1.82, 2.24) is 9.80 Å². The Hall–Kier alpha value is -3.62. The summed E-state index contributed by atoms with van der Waals surface area (Å²) >= 11 is 0. The van der Waals surface area contributed by atoms with Gasteiger partial charge in [-0.25, -0.2) is 0 Å². The standard InChI is InChI=1S/C28H32N2O6/c1-3-17-36-23-11-7-21(8-12-23)26(31)24-25(20-5-9-22(34-2)10-6-20)30(28(33)27(24)32)14-4-13-29-15-18-35-19-16-29/h3,5-12,25,31H,1,4,13-19H2,2H3/t25-/m1/s1. The number of aliphatic hydroxyl groups is 1. The summed E-state index contributed by atoms with van der Waals surface area (Å²) in [7, 11) is 1.58. The Morgan fingerprint density at radius 1 is 1.06 bits per heavy atom. The highest BCUT2D eigenvalue weighted by molar-refractivity contribution is 6.46. The molecule has 2 heterocycles. The minimum atomic E-state index is -0.697. The Balaban J connectivity index is 1.64. The highest BCUT2D eigenvalue weighted by atomic mass is 16.5. The first-order chi connectivity index (χ1) is 17.5. The number of benzene rings is 2. The molecule has 2 aliphatic heterocycles. The Labute approximate surface area is 211 Å². The van der Waals surface area contributed by atoms with Crippen molar-refractivity contribution in [2.75, 3.05) is 53.1 Å². The van der Waals surface area contributed by atoms with E-state index in [1.165, 1.54) is 0 Å². The van der Waals surface area contributed by atoms with Gasteiger partial charge in [-0.2, -0.15) is 0 Å². The van der Waals surface area contributed by atoms with E-state index in [1.54, 1.807) is 54.5 Å². The molecule has 2 aromatic rings. The molecule has 0 bridgehead atoms. The quantitative estimate of drug-likeness (QED) is 0.235. The molecule has 8 heteroatoms. The van der Waals surface area contributed by atoms with Gasteiger partial charge in [-0.3, -0.25) is 14.5 Å². The summed E-state index contributed by atoms with van der Waals surface area (Å²) in [5.74, 6) is -0.225. The zero-order valence-corrected chi connectivity index (χ0v) is 20.5. The Morgan fingerprint density at radius 2 is 1.72 bits per heavy atom. The van der Waals surface area contributed by atoms with E-state index < -0.39 is 17.7 Å². The summed E-state index contributed by atoms with van der Waals surface area (Å²) in [4.78, 5) is 30.2. The van der Waals surface area contributed by atoms with Crippen LogP contribution in [0, 0.1) is 0 Å². The van der Waals surface area contributed by atoms with Crippen molar-refractivity contribution in [3.8, 4) is 11.5 Å². The van der Waals surface area contributed by atoms with Crippen LogP contribution in [0.15, 0.2) is 66.8 Å². The number of rotatable bonds is 10. The average Bonchev–Trinajstić information content (AvgIpc) is 3.17. The summed E-state index contributed by atoms with van der Waals surface area (Å²) in [6.07, 6.45) is 2.35. The fourth-order valence-corrected chi connectivity index (χ4v) is 4.55. The number of carbonyl (C=O) groups is 2. The third kappa shape index (κ3) is 5.61. The molecule has 2 aromatic carbocycles. The number of ether oxygens (including phenoxy) is 3. The molecule has 2 aliphatic rings. The van der Waals surface area contributed by atoms with E-state index in [1.807, 2.05) is 12.1 Å². The van der Waals surface area contributed by atoms with Crippen LogP contribution < -0.4 is 9.47 Å². The second-order valence-corrected chi connectivity index (χ2v) is 8.70. The molecule has 190 valence electrons. The van der Waals surface area contributed by atoms with Gasteiger partial charge in [0.05, 0.1) is 31.9 Å². The van der Waals surface area contributed by atoms with Crippen LogP contribution in [0.25, 0.3) is 5.76 Å². The van der Waals surface area contributed by atoms with E-state index in [0.717, 1.165) is 25.2 Å². The number of methoxy groups -OCH3 is 1. The molecule has 36 heavy (non-hydrogen) atoms. The fourth-order valence-electron chi connectivity index (χ4n) is 4.55. The second-order valence-electron chi connectivity index (χ2n) is 8.70. The monoisotopic (exact) mass is 492 g/mol. The zero-order valence-electron chi connectivity index (χ0n) is 20.5. The van der Waals surface area contributed by atoms with Crippen molar-refractivity contribution in [2.45, 2.75) is 12.5 Å². The predicted molar refractivity (Wildman–Crippen MR) is 136 cm³/mol. The molecule has 1 atom stereocenters. The predicted octanol–water partition coefficient (Wildman–Crippen LogP) is 3.40. The fraction of sp³-hybridized carbons (Fsp3) is 0.357. The van der Waals surface area contributed by atoms with Gasteiger partial charge >= 0.3 is 0 Å². The van der Waals surface area contributed by atoms with Crippen LogP contribution in [0.1, 0.15) is 23.6 Å².